The van der Waals surface area contributed by atoms with Crippen molar-refractivity contribution in [2.45, 2.75) is 0 Å². The van der Waals surface area contributed by atoms with E-state index in [4.69, 9.17) is 0 Å². The molecule has 0 aromatic rings. The zero-order valence-electron chi connectivity index (χ0n) is 3.38. The molecule has 0 aromatic carbocycles. The van der Waals surface area contributed by atoms with Gasteiger partial charge in [-0.25, -0.2) is 0 Å². The normalized spacial score (nSPS) is 7.43. The second-order valence-electron chi connectivity index (χ2n) is 0.740. The lowest BCUT2D eigenvalue weighted by atomic mass is 10.1. The average molecular weight is 93.6 g/mol. The number of hydrogen-bond donors (Lipinski definition) is 0. The monoisotopic (exact) mass is 94.0 g/mol. The Morgan fingerprint density at radius 2 is 1.43 bits per heavy atom. The van der Waals surface area contributed by atoms with Gasteiger partial charge in [0.2, 0.25) is 27.4 Å². The molecule has 0 atom stereocenters. The first-order valence-corrected chi connectivity index (χ1v) is 1.39. The van der Waals surface area contributed by atoms with E-state index in [1.165, 1.54) is 0 Å². The van der Waals surface area contributed by atoms with Gasteiger partial charge < -0.3 is 4.74 Å². The fraction of sp³-hybridized carbons (Fsp3) is 0. The van der Waals surface area contributed by atoms with Crippen LogP contribution in [0.15, 0.2) is 0 Å². The van der Waals surface area contributed by atoms with Gasteiger partial charge in [0.05, 0.1) is 0 Å². The number of carbonyl (C=O) groups is 2. The van der Waals surface area contributed by atoms with Crippen molar-refractivity contribution in [3.63, 3.8) is 0 Å². The van der Waals surface area contributed by atoms with Gasteiger partial charge in [0.15, 0.2) is 0 Å². The third-order valence-electron chi connectivity index (χ3n) is 0.201. The van der Waals surface area contributed by atoms with E-state index in [2.05, 4.69) is 20.4 Å². The zero-order chi connectivity index (χ0) is 5.86. The summed E-state index contributed by atoms with van der Waals surface area (Å²) < 4.78 is 3.53. The lowest BCUT2D eigenvalue weighted by Gasteiger charge is -1.89. The lowest BCUT2D eigenvalue weighted by Crippen LogP contribution is -2.07. The summed E-state index contributed by atoms with van der Waals surface area (Å²) in [6, 6.07) is 0. The Kier molecular flexibility index (Phi) is 2.19. The van der Waals surface area contributed by atoms with Crippen LogP contribution in [0.5, 0.6) is 0 Å². The lowest BCUT2D eigenvalue weighted by molar-refractivity contribution is 0.185. The summed E-state index contributed by atoms with van der Waals surface area (Å²) in [6.45, 7) is 0. The van der Waals surface area contributed by atoms with Crippen molar-refractivity contribution in [2.24, 2.45) is 0 Å². The molecule has 3 nitrogen and oxygen atoms in total. The maximum absolute atomic E-state index is 9.51. The molecule has 5 heteroatoms. The first kappa shape index (κ1) is 6.27. The Hall–Kier alpha value is -0.730. The van der Waals surface area contributed by atoms with Crippen LogP contribution in [-0.2, 0) is 4.74 Å². The van der Waals surface area contributed by atoms with E-state index in [-0.39, 0.29) is 0 Å². The van der Waals surface area contributed by atoms with Crippen LogP contribution in [0.2, 0.25) is 0 Å². The van der Waals surface area contributed by atoms with Crippen LogP contribution in [0.4, 0.5) is 9.59 Å². The third-order valence-corrected chi connectivity index (χ3v) is 0.201. The van der Waals surface area contributed by atoms with Gasteiger partial charge in [-0.1, -0.05) is 0 Å². The van der Waals surface area contributed by atoms with Crippen molar-refractivity contribution in [3.8, 4) is 0 Å². The summed E-state index contributed by atoms with van der Waals surface area (Å²) in [6.07, 6.45) is 0. The molecule has 0 rings (SSSR count). The Balaban J connectivity index is 3.32. The molecular formula is C2B2O3. The smallest absolute Gasteiger partial charge is 0.243 e. The molecule has 0 saturated heterocycles. The van der Waals surface area contributed by atoms with Crippen molar-refractivity contribution >= 4 is 27.4 Å². The van der Waals surface area contributed by atoms with Gasteiger partial charge in [-0.2, -0.15) is 0 Å². The van der Waals surface area contributed by atoms with E-state index in [0.29, 0.717) is 0 Å². The van der Waals surface area contributed by atoms with Crippen LogP contribution in [0.25, 0.3) is 0 Å². The quantitative estimate of drug-likeness (QED) is 0.302. The molecule has 0 saturated carbocycles. The minimum absolute atomic E-state index is 1.19. The van der Waals surface area contributed by atoms with Gasteiger partial charge in [0.25, 0.3) is 0 Å². The number of hydrogen-bond acceptors (Lipinski definition) is 3. The minimum Gasteiger partial charge on any atom is -0.413 e. The Bertz CT molecular complexity index is 87.1. The third kappa shape index (κ3) is 5.27. The predicted octanol–water partition coefficient (Wildman–Crippen LogP) is -0.420. The van der Waals surface area contributed by atoms with Gasteiger partial charge in [-0.05, 0) is 0 Å². The van der Waals surface area contributed by atoms with Gasteiger partial charge in [0, 0.05) is 0 Å². The fourth-order valence-electron chi connectivity index (χ4n) is 0.0991. The van der Waals surface area contributed by atoms with Crippen molar-refractivity contribution in [1.82, 2.24) is 0 Å². The molecule has 32 valence electrons. The van der Waals surface area contributed by atoms with Gasteiger partial charge in [0.1, 0.15) is 0 Å². The van der Waals surface area contributed by atoms with Crippen LogP contribution in [-0.4, -0.2) is 27.4 Å². The molecule has 0 aromatic heterocycles. The summed E-state index contributed by atoms with van der Waals surface area (Å²) >= 11 is 0. The number of ether oxygens (including phenoxy) is 1. The second kappa shape index (κ2) is 2.44. The van der Waals surface area contributed by atoms with Gasteiger partial charge in [-0.3, -0.25) is 9.59 Å². The molecule has 4 radical (unpaired) electrons. The summed E-state index contributed by atoms with van der Waals surface area (Å²) in [5, 5.41) is 0. The summed E-state index contributed by atoms with van der Waals surface area (Å²) in [5.74, 6) is -2.38. The van der Waals surface area contributed by atoms with Crippen LogP contribution >= 0.6 is 0 Å². The van der Waals surface area contributed by atoms with E-state index in [1.807, 2.05) is 0 Å². The summed E-state index contributed by atoms with van der Waals surface area (Å²) in [4.78, 5) is 19.0. The standard InChI is InChI=1S/C2B2O3/c3-1(5)7-2(4)6. The molecule has 0 amide bonds. The molecule has 0 heterocycles. The van der Waals surface area contributed by atoms with Gasteiger partial charge >= 0.3 is 0 Å². The average Bonchev–Trinajstić information content (AvgIpc) is 1.27. The van der Waals surface area contributed by atoms with Crippen molar-refractivity contribution in [2.75, 3.05) is 0 Å². The maximum Gasteiger partial charge on any atom is 0.243 e. The highest BCUT2D eigenvalue weighted by atomic mass is 16.6. The topological polar surface area (TPSA) is 43.4 Å². The molecule has 7 heavy (non-hydrogen) atoms. The van der Waals surface area contributed by atoms with E-state index in [1.54, 1.807) is 0 Å². The Morgan fingerprint density at radius 3 is 1.43 bits per heavy atom. The highest BCUT2D eigenvalue weighted by molar-refractivity contribution is 6.62. The van der Waals surface area contributed by atoms with Crippen molar-refractivity contribution in [1.29, 1.82) is 0 Å². The predicted molar refractivity (Wildman–Crippen MR) is 23.4 cm³/mol. The molecule has 0 bridgehead atoms. The van der Waals surface area contributed by atoms with Crippen LogP contribution in [0.3, 0.4) is 0 Å². The highest BCUT2D eigenvalue weighted by Crippen LogP contribution is 1.72. The van der Waals surface area contributed by atoms with E-state index in [0.717, 1.165) is 0 Å². The maximum atomic E-state index is 9.51. The number of rotatable bonds is 0. The largest absolute Gasteiger partial charge is 0.413 e. The molecule has 0 aliphatic rings. The Labute approximate surface area is 42.8 Å². The van der Waals surface area contributed by atoms with E-state index in [9.17, 15) is 9.59 Å². The fourth-order valence-corrected chi connectivity index (χ4v) is 0.0991. The molecule has 0 aliphatic heterocycles. The van der Waals surface area contributed by atoms with Crippen LogP contribution in [0, 0.1) is 0 Å². The molecule has 0 N–H and O–H groups in total. The van der Waals surface area contributed by atoms with Gasteiger partial charge in [-0.15, -0.1) is 0 Å². The first-order chi connectivity index (χ1) is 3.13. The van der Waals surface area contributed by atoms with Crippen LogP contribution < -0.4 is 0 Å². The second-order valence-corrected chi connectivity index (χ2v) is 0.740. The minimum atomic E-state index is -1.19. The Morgan fingerprint density at radius 1 is 1.14 bits per heavy atom. The van der Waals surface area contributed by atoms with E-state index >= 15 is 0 Å². The molecular weight excluding hydrogens is 93.6 g/mol. The van der Waals surface area contributed by atoms with Crippen molar-refractivity contribution in [3.05, 3.63) is 0 Å². The summed E-state index contributed by atoms with van der Waals surface area (Å²) in [7, 11) is 8.66. The molecule has 0 fully saturated rings. The van der Waals surface area contributed by atoms with Crippen molar-refractivity contribution < 1.29 is 14.3 Å². The SMILES string of the molecule is [B]C(=O)OC([B])=O. The molecule has 0 spiro atoms. The van der Waals surface area contributed by atoms with E-state index < -0.39 is 11.7 Å². The number of carbonyl (C=O) groups excluding carboxylic acids is 2. The first-order valence-electron chi connectivity index (χ1n) is 1.39. The van der Waals surface area contributed by atoms with Crippen LogP contribution in [0.1, 0.15) is 0 Å². The molecule has 0 aliphatic carbocycles. The highest BCUT2D eigenvalue weighted by Gasteiger charge is 1.92. The molecule has 0 unspecified atom stereocenters. The zero-order valence-corrected chi connectivity index (χ0v) is 3.38. The summed E-state index contributed by atoms with van der Waals surface area (Å²) in [5.41, 5.74) is 0.